The van der Waals surface area contributed by atoms with Gasteiger partial charge in [-0.25, -0.2) is 0 Å². The Hall–Kier alpha value is -1.55. The monoisotopic (exact) mass is 364 g/mol. The first-order valence-electron chi connectivity index (χ1n) is 9.40. The first-order chi connectivity index (χ1) is 12.1. The lowest BCUT2D eigenvalue weighted by atomic mass is 10.1. The van der Waals surface area contributed by atoms with Crippen molar-refractivity contribution in [1.82, 2.24) is 10.2 Å². The average molecular weight is 365 g/mol. The third-order valence-corrected chi connectivity index (χ3v) is 5.22. The van der Waals surface area contributed by atoms with Crippen LogP contribution >= 0.6 is 11.6 Å². The van der Waals surface area contributed by atoms with Gasteiger partial charge < -0.3 is 10.2 Å². The summed E-state index contributed by atoms with van der Waals surface area (Å²) in [7, 11) is 0. The molecule has 0 spiro atoms. The van der Waals surface area contributed by atoms with Gasteiger partial charge in [0.25, 0.3) is 0 Å². The highest BCUT2D eigenvalue weighted by atomic mass is 35.5. The van der Waals surface area contributed by atoms with Crippen LogP contribution in [-0.4, -0.2) is 28.8 Å². The van der Waals surface area contributed by atoms with E-state index in [1.165, 1.54) is 12.8 Å². The average Bonchev–Trinajstić information content (AvgIpc) is 3.09. The molecule has 1 aliphatic rings. The second-order valence-electron chi connectivity index (χ2n) is 6.78. The molecule has 0 unspecified atom stereocenters. The Labute approximate surface area is 155 Å². The molecule has 0 radical (unpaired) electrons. The zero-order valence-corrected chi connectivity index (χ0v) is 16.0. The van der Waals surface area contributed by atoms with Crippen molar-refractivity contribution in [2.24, 2.45) is 0 Å². The quantitative estimate of drug-likeness (QED) is 0.747. The lowest BCUT2D eigenvalue weighted by molar-refractivity contribution is -0.141. The van der Waals surface area contributed by atoms with Crippen LogP contribution in [0.2, 0.25) is 5.02 Å². The van der Waals surface area contributed by atoms with Crippen molar-refractivity contribution in [3.05, 3.63) is 34.9 Å². The largest absolute Gasteiger partial charge is 0.352 e. The fourth-order valence-electron chi connectivity index (χ4n) is 3.45. The van der Waals surface area contributed by atoms with Gasteiger partial charge in [0.2, 0.25) is 11.8 Å². The van der Waals surface area contributed by atoms with Crippen LogP contribution in [0.5, 0.6) is 0 Å². The topological polar surface area (TPSA) is 49.4 Å². The zero-order valence-electron chi connectivity index (χ0n) is 15.3. The minimum atomic E-state index is -0.448. The van der Waals surface area contributed by atoms with E-state index in [9.17, 15) is 9.59 Å². The molecule has 1 fully saturated rings. The van der Waals surface area contributed by atoms with E-state index in [2.05, 4.69) is 5.32 Å². The standard InChI is InChI=1S/C20H29ClN2O2/c1-3-9-19(24)23(14-15-10-5-8-13-17(15)21)18(4-2)20(25)22-16-11-6-7-12-16/h5,8,10,13,16,18H,3-4,6-7,9,11-12,14H2,1-2H3,(H,22,25)/t18-/m0/s1. The fraction of sp³-hybridized carbons (Fsp3) is 0.600. The maximum absolute atomic E-state index is 12.8. The van der Waals surface area contributed by atoms with E-state index in [0.717, 1.165) is 24.8 Å². The molecule has 1 aromatic rings. The third kappa shape index (κ3) is 5.46. The lowest BCUT2D eigenvalue weighted by Gasteiger charge is -2.31. The van der Waals surface area contributed by atoms with Gasteiger partial charge in [0, 0.05) is 24.0 Å². The Morgan fingerprint density at radius 2 is 1.92 bits per heavy atom. The number of carbonyl (C=O) groups excluding carboxylic acids is 2. The number of halogens is 1. The van der Waals surface area contributed by atoms with Crippen LogP contribution in [-0.2, 0) is 16.1 Å². The Morgan fingerprint density at radius 1 is 1.24 bits per heavy atom. The molecule has 25 heavy (non-hydrogen) atoms. The molecular formula is C20H29ClN2O2. The van der Waals surface area contributed by atoms with Gasteiger partial charge in [-0.05, 0) is 37.3 Å². The summed E-state index contributed by atoms with van der Waals surface area (Å²) in [6.07, 6.45) is 6.21. The van der Waals surface area contributed by atoms with Crippen molar-refractivity contribution in [3.63, 3.8) is 0 Å². The summed E-state index contributed by atoms with van der Waals surface area (Å²) in [6, 6.07) is 7.31. The van der Waals surface area contributed by atoms with Crippen LogP contribution in [0.25, 0.3) is 0 Å². The zero-order chi connectivity index (χ0) is 18.2. The number of hydrogen-bond donors (Lipinski definition) is 1. The number of carbonyl (C=O) groups is 2. The highest BCUT2D eigenvalue weighted by Crippen LogP contribution is 2.22. The van der Waals surface area contributed by atoms with Crippen molar-refractivity contribution in [3.8, 4) is 0 Å². The van der Waals surface area contributed by atoms with Crippen LogP contribution in [0.1, 0.15) is 64.4 Å². The maximum Gasteiger partial charge on any atom is 0.243 e. The molecule has 0 aliphatic heterocycles. The van der Waals surface area contributed by atoms with Crippen molar-refractivity contribution in [2.45, 2.75) is 77.4 Å². The fourth-order valence-corrected chi connectivity index (χ4v) is 3.65. The predicted octanol–water partition coefficient (Wildman–Crippen LogP) is 4.31. The van der Waals surface area contributed by atoms with Gasteiger partial charge in [0.15, 0.2) is 0 Å². The van der Waals surface area contributed by atoms with Crippen LogP contribution in [0.4, 0.5) is 0 Å². The van der Waals surface area contributed by atoms with E-state index < -0.39 is 6.04 Å². The molecule has 0 heterocycles. The minimum Gasteiger partial charge on any atom is -0.352 e. The van der Waals surface area contributed by atoms with E-state index >= 15 is 0 Å². The van der Waals surface area contributed by atoms with Gasteiger partial charge in [0.1, 0.15) is 6.04 Å². The van der Waals surface area contributed by atoms with Crippen molar-refractivity contribution in [2.75, 3.05) is 0 Å². The lowest BCUT2D eigenvalue weighted by Crippen LogP contribution is -2.50. The van der Waals surface area contributed by atoms with E-state index in [1.807, 2.05) is 38.1 Å². The van der Waals surface area contributed by atoms with Crippen LogP contribution in [0.3, 0.4) is 0 Å². The maximum atomic E-state index is 12.8. The van der Waals surface area contributed by atoms with Crippen molar-refractivity contribution < 1.29 is 9.59 Å². The Bertz CT molecular complexity index is 585. The molecule has 1 aliphatic carbocycles. The highest BCUT2D eigenvalue weighted by molar-refractivity contribution is 6.31. The van der Waals surface area contributed by atoms with Gasteiger partial charge in [0.05, 0.1) is 0 Å². The second-order valence-corrected chi connectivity index (χ2v) is 7.18. The molecule has 0 bridgehead atoms. The number of nitrogens with one attached hydrogen (secondary N) is 1. The van der Waals surface area contributed by atoms with Crippen molar-refractivity contribution in [1.29, 1.82) is 0 Å². The minimum absolute atomic E-state index is 0.0100. The highest BCUT2D eigenvalue weighted by Gasteiger charge is 2.30. The van der Waals surface area contributed by atoms with Gasteiger partial charge >= 0.3 is 0 Å². The van der Waals surface area contributed by atoms with Gasteiger partial charge in [-0.15, -0.1) is 0 Å². The summed E-state index contributed by atoms with van der Waals surface area (Å²) < 4.78 is 0. The van der Waals surface area contributed by atoms with Gasteiger partial charge in [-0.1, -0.05) is 56.5 Å². The molecule has 0 saturated heterocycles. The van der Waals surface area contributed by atoms with E-state index in [-0.39, 0.29) is 17.9 Å². The Kier molecular flexibility index (Phi) is 7.76. The molecule has 1 saturated carbocycles. The number of benzene rings is 1. The first-order valence-corrected chi connectivity index (χ1v) is 9.77. The number of amides is 2. The molecule has 2 amide bonds. The Balaban J connectivity index is 2.17. The third-order valence-electron chi connectivity index (χ3n) is 4.85. The van der Waals surface area contributed by atoms with Crippen molar-refractivity contribution >= 4 is 23.4 Å². The van der Waals surface area contributed by atoms with E-state index in [4.69, 9.17) is 11.6 Å². The normalized spacial score (nSPS) is 15.8. The van der Waals surface area contributed by atoms with Crippen LogP contribution < -0.4 is 5.32 Å². The van der Waals surface area contributed by atoms with E-state index in [1.54, 1.807) is 4.90 Å². The number of hydrogen-bond acceptors (Lipinski definition) is 2. The summed E-state index contributed by atoms with van der Waals surface area (Å²) >= 11 is 6.28. The SMILES string of the molecule is CCCC(=O)N(Cc1ccccc1Cl)[C@@H](CC)C(=O)NC1CCCC1. The molecule has 1 aromatic carbocycles. The molecule has 138 valence electrons. The number of rotatable bonds is 8. The molecule has 0 aromatic heterocycles. The summed E-state index contributed by atoms with van der Waals surface area (Å²) in [4.78, 5) is 27.2. The summed E-state index contributed by atoms with van der Waals surface area (Å²) in [5.74, 6) is -0.0262. The molecular weight excluding hydrogens is 336 g/mol. The molecule has 1 atom stereocenters. The Morgan fingerprint density at radius 3 is 2.52 bits per heavy atom. The van der Waals surface area contributed by atoms with Crippen LogP contribution in [0, 0.1) is 0 Å². The molecule has 2 rings (SSSR count). The smallest absolute Gasteiger partial charge is 0.243 e. The second kappa shape index (κ2) is 9.81. The summed E-state index contributed by atoms with van der Waals surface area (Å²) in [5, 5.41) is 3.77. The van der Waals surface area contributed by atoms with Crippen LogP contribution in [0.15, 0.2) is 24.3 Å². The summed E-state index contributed by atoms with van der Waals surface area (Å²) in [6.45, 7) is 4.30. The molecule has 5 heteroatoms. The molecule has 4 nitrogen and oxygen atoms in total. The predicted molar refractivity (Wildman–Crippen MR) is 101 cm³/mol. The summed E-state index contributed by atoms with van der Waals surface area (Å²) in [5.41, 5.74) is 0.876. The first kappa shape index (κ1) is 19.8. The van der Waals surface area contributed by atoms with Gasteiger partial charge in [-0.2, -0.15) is 0 Å². The van der Waals surface area contributed by atoms with E-state index in [0.29, 0.717) is 24.4 Å². The van der Waals surface area contributed by atoms with Gasteiger partial charge in [-0.3, -0.25) is 9.59 Å². The molecule has 1 N–H and O–H groups in total. The number of nitrogens with zero attached hydrogens (tertiary/aromatic N) is 1.